The van der Waals surface area contributed by atoms with Crippen molar-refractivity contribution < 1.29 is 9.32 Å². The van der Waals surface area contributed by atoms with Gasteiger partial charge in [-0.15, -0.1) is 0 Å². The smallest absolute Gasteiger partial charge is 0.291 e. The van der Waals surface area contributed by atoms with E-state index in [2.05, 4.69) is 5.16 Å². The van der Waals surface area contributed by atoms with Gasteiger partial charge in [0.25, 0.3) is 5.24 Å². The highest BCUT2D eigenvalue weighted by atomic mass is 35.5. The van der Waals surface area contributed by atoms with Crippen LogP contribution >= 0.6 is 11.6 Å². The van der Waals surface area contributed by atoms with E-state index >= 15 is 0 Å². The zero-order valence-electron chi connectivity index (χ0n) is 5.95. The minimum Gasteiger partial charge on any atom is -0.350 e. The highest BCUT2D eigenvalue weighted by Crippen LogP contribution is 2.18. The molecule has 0 aliphatic rings. The van der Waals surface area contributed by atoms with E-state index < -0.39 is 5.24 Å². The maximum absolute atomic E-state index is 10.8. The van der Waals surface area contributed by atoms with E-state index in [-0.39, 0.29) is 5.76 Å². The SMILES string of the molecule is O=C(Cl)c1onc2ccccc12. The number of hydrogen-bond donors (Lipinski definition) is 0. The third kappa shape index (κ3) is 0.987. The molecule has 0 fully saturated rings. The Bertz CT molecular complexity index is 435. The molecule has 0 saturated heterocycles. The first-order valence-electron chi connectivity index (χ1n) is 3.33. The summed E-state index contributed by atoms with van der Waals surface area (Å²) >= 11 is 5.25. The summed E-state index contributed by atoms with van der Waals surface area (Å²) in [6.07, 6.45) is 0. The van der Waals surface area contributed by atoms with Gasteiger partial charge in [0.1, 0.15) is 5.52 Å². The Morgan fingerprint density at radius 3 is 2.92 bits per heavy atom. The molecule has 0 aliphatic carbocycles. The summed E-state index contributed by atoms with van der Waals surface area (Å²) in [6.45, 7) is 0. The Morgan fingerprint density at radius 1 is 1.42 bits per heavy atom. The number of fused-ring (bicyclic) bond motifs is 1. The molecule has 0 N–H and O–H groups in total. The number of rotatable bonds is 1. The van der Waals surface area contributed by atoms with E-state index in [0.29, 0.717) is 10.9 Å². The van der Waals surface area contributed by atoms with Crippen molar-refractivity contribution in [3.63, 3.8) is 0 Å². The average Bonchev–Trinajstić information content (AvgIpc) is 2.47. The monoisotopic (exact) mass is 181 g/mol. The van der Waals surface area contributed by atoms with Gasteiger partial charge in [0.2, 0.25) is 5.76 Å². The molecular weight excluding hydrogens is 178 g/mol. The van der Waals surface area contributed by atoms with Gasteiger partial charge in [0, 0.05) is 0 Å². The number of hydrogen-bond acceptors (Lipinski definition) is 3. The van der Waals surface area contributed by atoms with Crippen LogP contribution in [0, 0.1) is 0 Å². The first-order chi connectivity index (χ1) is 5.79. The van der Waals surface area contributed by atoms with Gasteiger partial charge in [0.15, 0.2) is 0 Å². The van der Waals surface area contributed by atoms with Crippen molar-refractivity contribution >= 4 is 27.7 Å². The molecule has 3 nitrogen and oxygen atoms in total. The van der Waals surface area contributed by atoms with Crippen LogP contribution in [0.3, 0.4) is 0 Å². The zero-order chi connectivity index (χ0) is 8.55. The molecule has 0 spiro atoms. The van der Waals surface area contributed by atoms with Crippen LogP contribution in [0.25, 0.3) is 10.9 Å². The summed E-state index contributed by atoms with van der Waals surface area (Å²) in [6, 6.07) is 7.10. The second-order valence-corrected chi connectivity index (χ2v) is 2.65. The van der Waals surface area contributed by atoms with E-state index in [1.165, 1.54) is 0 Å². The fraction of sp³-hybridized carbons (Fsp3) is 0. The normalized spacial score (nSPS) is 10.4. The summed E-state index contributed by atoms with van der Waals surface area (Å²) in [7, 11) is 0. The van der Waals surface area contributed by atoms with Crippen LogP contribution in [0.4, 0.5) is 0 Å². The molecule has 60 valence electrons. The predicted octanol–water partition coefficient (Wildman–Crippen LogP) is 2.21. The van der Waals surface area contributed by atoms with Gasteiger partial charge in [-0.1, -0.05) is 17.3 Å². The lowest BCUT2D eigenvalue weighted by Crippen LogP contribution is -1.83. The average molecular weight is 182 g/mol. The van der Waals surface area contributed by atoms with Crippen LogP contribution in [0.1, 0.15) is 10.6 Å². The molecule has 12 heavy (non-hydrogen) atoms. The van der Waals surface area contributed by atoms with E-state index in [0.717, 1.165) is 0 Å². The lowest BCUT2D eigenvalue weighted by atomic mass is 10.2. The third-order valence-corrected chi connectivity index (χ3v) is 1.73. The van der Waals surface area contributed by atoms with Crippen molar-refractivity contribution in [1.82, 2.24) is 5.16 Å². The molecule has 0 saturated carbocycles. The van der Waals surface area contributed by atoms with E-state index in [4.69, 9.17) is 16.1 Å². The Labute approximate surface area is 72.9 Å². The molecule has 1 aromatic heterocycles. The molecule has 2 rings (SSSR count). The Kier molecular flexibility index (Phi) is 1.59. The second-order valence-electron chi connectivity index (χ2n) is 2.30. The van der Waals surface area contributed by atoms with Crippen LogP contribution in [0.5, 0.6) is 0 Å². The largest absolute Gasteiger partial charge is 0.350 e. The summed E-state index contributed by atoms with van der Waals surface area (Å²) in [5.74, 6) is 0.104. The number of nitrogens with zero attached hydrogens (tertiary/aromatic N) is 1. The highest BCUT2D eigenvalue weighted by molar-refractivity contribution is 6.68. The quantitative estimate of drug-likeness (QED) is 0.634. The number of aromatic nitrogens is 1. The van der Waals surface area contributed by atoms with Gasteiger partial charge in [0.05, 0.1) is 5.39 Å². The molecule has 2 aromatic rings. The van der Waals surface area contributed by atoms with Crippen molar-refractivity contribution in [2.45, 2.75) is 0 Å². The topological polar surface area (TPSA) is 43.1 Å². The van der Waals surface area contributed by atoms with Gasteiger partial charge in [-0.25, -0.2) is 0 Å². The summed E-state index contributed by atoms with van der Waals surface area (Å²) in [4.78, 5) is 10.8. The Morgan fingerprint density at radius 2 is 2.17 bits per heavy atom. The van der Waals surface area contributed by atoms with Crippen molar-refractivity contribution in [3.05, 3.63) is 30.0 Å². The minimum absolute atomic E-state index is 0.104. The molecule has 0 unspecified atom stereocenters. The second kappa shape index (κ2) is 2.60. The molecule has 0 radical (unpaired) electrons. The molecule has 1 heterocycles. The van der Waals surface area contributed by atoms with Gasteiger partial charge >= 0.3 is 0 Å². The van der Waals surface area contributed by atoms with Gasteiger partial charge in [-0.2, -0.15) is 0 Å². The molecule has 1 aromatic carbocycles. The Balaban J connectivity index is 2.79. The first-order valence-corrected chi connectivity index (χ1v) is 3.71. The first kappa shape index (κ1) is 7.31. The summed E-state index contributed by atoms with van der Waals surface area (Å²) in [5.41, 5.74) is 0.640. The van der Waals surface area contributed by atoms with E-state index in [9.17, 15) is 4.79 Å². The van der Waals surface area contributed by atoms with Gasteiger partial charge < -0.3 is 4.52 Å². The lowest BCUT2D eigenvalue weighted by molar-refractivity contribution is 0.105. The number of carbonyl (C=O) groups is 1. The number of halogens is 1. The van der Waals surface area contributed by atoms with Crippen molar-refractivity contribution in [3.8, 4) is 0 Å². The van der Waals surface area contributed by atoms with Crippen LogP contribution in [0.15, 0.2) is 28.8 Å². The van der Waals surface area contributed by atoms with Crippen molar-refractivity contribution in [2.24, 2.45) is 0 Å². The standard InChI is InChI=1S/C8H4ClNO2/c9-8(11)7-5-3-1-2-4-6(5)10-12-7/h1-4H. The maximum atomic E-state index is 10.8. The number of carbonyl (C=O) groups excluding carboxylic acids is 1. The maximum Gasteiger partial charge on any atom is 0.291 e. The summed E-state index contributed by atoms with van der Waals surface area (Å²) < 4.78 is 4.74. The molecule has 0 amide bonds. The highest BCUT2D eigenvalue weighted by Gasteiger charge is 2.12. The van der Waals surface area contributed by atoms with Gasteiger partial charge in [-0.3, -0.25) is 4.79 Å². The fourth-order valence-corrected chi connectivity index (χ4v) is 1.17. The lowest BCUT2D eigenvalue weighted by Gasteiger charge is -1.84. The van der Waals surface area contributed by atoms with Crippen molar-refractivity contribution in [2.75, 3.05) is 0 Å². The van der Waals surface area contributed by atoms with Crippen LogP contribution in [-0.4, -0.2) is 10.4 Å². The van der Waals surface area contributed by atoms with Crippen LogP contribution in [-0.2, 0) is 0 Å². The van der Waals surface area contributed by atoms with Crippen LogP contribution in [0.2, 0.25) is 0 Å². The van der Waals surface area contributed by atoms with Crippen molar-refractivity contribution in [1.29, 1.82) is 0 Å². The van der Waals surface area contributed by atoms with Crippen LogP contribution < -0.4 is 0 Å². The molecule has 0 bridgehead atoms. The zero-order valence-corrected chi connectivity index (χ0v) is 6.71. The molecule has 0 aliphatic heterocycles. The fourth-order valence-electron chi connectivity index (χ4n) is 1.03. The summed E-state index contributed by atoms with van der Waals surface area (Å²) in [5, 5.41) is 3.69. The molecule has 4 heteroatoms. The molecular formula is C8H4ClNO2. The molecule has 0 atom stereocenters. The third-order valence-electron chi connectivity index (χ3n) is 1.56. The van der Waals surface area contributed by atoms with E-state index in [1.54, 1.807) is 18.2 Å². The van der Waals surface area contributed by atoms with Gasteiger partial charge in [-0.05, 0) is 23.7 Å². The number of benzene rings is 1. The van der Waals surface area contributed by atoms with E-state index in [1.807, 2.05) is 6.07 Å². The Hall–Kier alpha value is -1.35. The minimum atomic E-state index is -0.622. The predicted molar refractivity (Wildman–Crippen MR) is 44.2 cm³/mol.